The second kappa shape index (κ2) is 4.42. The third kappa shape index (κ3) is 1.70. The van der Waals surface area contributed by atoms with E-state index in [1.807, 2.05) is 31.4 Å². The molecule has 8 heteroatoms. The first kappa shape index (κ1) is 12.6. The number of nitrogens with two attached hydrogens (primary N) is 1. The molecule has 1 aromatic carbocycles. The number of aromatic amines is 1. The second-order valence-corrected chi connectivity index (χ2v) is 4.93. The average molecular weight is 295 g/mol. The van der Waals surface area contributed by atoms with E-state index in [2.05, 4.69) is 25.3 Å². The Bertz CT molecular complexity index is 1000. The molecular weight excluding hydrogens is 282 g/mol. The first-order valence-corrected chi connectivity index (χ1v) is 6.66. The van der Waals surface area contributed by atoms with Gasteiger partial charge in [0.25, 0.3) is 0 Å². The summed E-state index contributed by atoms with van der Waals surface area (Å²) in [7, 11) is 3.42. The van der Waals surface area contributed by atoms with Gasteiger partial charge in [0.1, 0.15) is 11.2 Å². The highest BCUT2D eigenvalue weighted by atomic mass is 16.5. The van der Waals surface area contributed by atoms with Crippen LogP contribution in [0.25, 0.3) is 33.2 Å². The molecule has 0 atom stereocenters. The summed E-state index contributed by atoms with van der Waals surface area (Å²) in [5.74, 6) is 0.617. The third-order valence-electron chi connectivity index (χ3n) is 3.63. The van der Waals surface area contributed by atoms with Crippen molar-refractivity contribution in [1.82, 2.24) is 29.9 Å². The Morgan fingerprint density at radius 1 is 1.27 bits per heavy atom. The largest absolute Gasteiger partial charge is 0.480 e. The van der Waals surface area contributed by atoms with Gasteiger partial charge in [0.05, 0.1) is 18.0 Å². The van der Waals surface area contributed by atoms with Gasteiger partial charge in [-0.25, -0.2) is 4.68 Å². The average Bonchev–Trinajstić information content (AvgIpc) is 3.10. The minimum Gasteiger partial charge on any atom is -0.480 e. The lowest BCUT2D eigenvalue weighted by atomic mass is 10.1. The van der Waals surface area contributed by atoms with Crippen molar-refractivity contribution in [3.63, 3.8) is 0 Å². The van der Waals surface area contributed by atoms with Crippen molar-refractivity contribution >= 4 is 28.0 Å². The number of nitrogen functional groups attached to an aromatic ring is 1. The quantitative estimate of drug-likeness (QED) is 0.580. The highest BCUT2D eigenvalue weighted by molar-refractivity contribution is 5.99. The van der Waals surface area contributed by atoms with Crippen LogP contribution in [0.4, 0.5) is 5.95 Å². The van der Waals surface area contributed by atoms with E-state index in [-0.39, 0.29) is 5.95 Å². The van der Waals surface area contributed by atoms with Crippen LogP contribution >= 0.6 is 0 Å². The van der Waals surface area contributed by atoms with E-state index in [1.54, 1.807) is 11.8 Å². The van der Waals surface area contributed by atoms with Gasteiger partial charge in [-0.2, -0.15) is 9.97 Å². The van der Waals surface area contributed by atoms with Gasteiger partial charge in [0.15, 0.2) is 0 Å². The van der Waals surface area contributed by atoms with Crippen LogP contribution in [0.5, 0.6) is 5.88 Å². The van der Waals surface area contributed by atoms with E-state index in [0.29, 0.717) is 11.5 Å². The molecule has 0 radical (unpaired) electrons. The number of aromatic nitrogens is 6. The molecule has 0 fully saturated rings. The highest BCUT2D eigenvalue weighted by Gasteiger charge is 2.15. The van der Waals surface area contributed by atoms with E-state index < -0.39 is 0 Å². The zero-order valence-corrected chi connectivity index (χ0v) is 12.0. The molecule has 0 saturated heterocycles. The lowest BCUT2D eigenvalue weighted by Gasteiger charge is -2.05. The number of anilines is 1. The van der Waals surface area contributed by atoms with Gasteiger partial charge in [0.2, 0.25) is 11.8 Å². The maximum atomic E-state index is 5.69. The summed E-state index contributed by atoms with van der Waals surface area (Å²) in [5, 5.41) is 8.90. The number of aryl methyl sites for hydroxylation is 1. The third-order valence-corrected chi connectivity index (χ3v) is 3.63. The minimum atomic E-state index is 0.170. The first-order valence-electron chi connectivity index (χ1n) is 6.66. The van der Waals surface area contributed by atoms with Crippen molar-refractivity contribution in [3.8, 4) is 17.0 Å². The van der Waals surface area contributed by atoms with Gasteiger partial charge >= 0.3 is 0 Å². The molecule has 3 aromatic heterocycles. The second-order valence-electron chi connectivity index (χ2n) is 4.93. The molecule has 4 aromatic rings. The summed E-state index contributed by atoms with van der Waals surface area (Å²) in [5.41, 5.74) is 10.1. The molecule has 0 saturated carbocycles. The predicted octanol–water partition coefficient (Wildman–Crippen LogP) is 1.50. The number of H-pyrrole nitrogens is 1. The lowest BCUT2D eigenvalue weighted by Crippen LogP contribution is -1.98. The van der Waals surface area contributed by atoms with Gasteiger partial charge < -0.3 is 15.5 Å². The summed E-state index contributed by atoms with van der Waals surface area (Å²) in [6.45, 7) is 0. The van der Waals surface area contributed by atoms with E-state index >= 15 is 0 Å². The highest BCUT2D eigenvalue weighted by Crippen LogP contribution is 2.34. The van der Waals surface area contributed by atoms with E-state index in [9.17, 15) is 0 Å². The minimum absolute atomic E-state index is 0.170. The van der Waals surface area contributed by atoms with Crippen LogP contribution in [0, 0.1) is 0 Å². The molecule has 8 nitrogen and oxygen atoms in total. The molecule has 0 aliphatic carbocycles. The van der Waals surface area contributed by atoms with Crippen molar-refractivity contribution in [2.45, 2.75) is 0 Å². The molecule has 0 spiro atoms. The molecular formula is C14H13N7O. The normalized spacial score (nSPS) is 11.4. The van der Waals surface area contributed by atoms with Crippen LogP contribution < -0.4 is 10.5 Å². The van der Waals surface area contributed by atoms with Crippen molar-refractivity contribution in [3.05, 3.63) is 24.4 Å². The molecule has 0 amide bonds. The van der Waals surface area contributed by atoms with Crippen LogP contribution in [-0.2, 0) is 7.05 Å². The van der Waals surface area contributed by atoms with Crippen LogP contribution in [0.15, 0.2) is 24.4 Å². The van der Waals surface area contributed by atoms with Crippen molar-refractivity contribution < 1.29 is 4.74 Å². The molecule has 3 N–H and O–H groups in total. The Labute approximate surface area is 124 Å². The van der Waals surface area contributed by atoms with Gasteiger partial charge in [0, 0.05) is 18.8 Å². The van der Waals surface area contributed by atoms with Crippen LogP contribution in [-0.4, -0.2) is 37.1 Å². The summed E-state index contributed by atoms with van der Waals surface area (Å²) in [6, 6.07) is 5.93. The van der Waals surface area contributed by atoms with Crippen LogP contribution in [0.2, 0.25) is 0 Å². The maximum absolute atomic E-state index is 5.69. The number of fused-ring (bicyclic) bond motifs is 2. The predicted molar refractivity (Wildman–Crippen MR) is 82.4 cm³/mol. The Hall–Kier alpha value is -3.16. The number of nitrogens with one attached hydrogen (secondary N) is 1. The molecule has 110 valence electrons. The fraction of sp³-hybridized carbons (Fsp3) is 0.143. The molecule has 0 unspecified atom stereocenters. The Morgan fingerprint density at radius 3 is 2.95 bits per heavy atom. The Balaban J connectivity index is 2.01. The molecule has 0 aliphatic heterocycles. The Kier molecular flexibility index (Phi) is 2.52. The molecule has 3 heterocycles. The fourth-order valence-electron chi connectivity index (χ4n) is 2.59. The monoisotopic (exact) mass is 295 g/mol. The first-order chi connectivity index (χ1) is 10.7. The van der Waals surface area contributed by atoms with E-state index in [0.717, 1.165) is 27.5 Å². The number of rotatable bonds is 2. The van der Waals surface area contributed by atoms with E-state index in [4.69, 9.17) is 10.5 Å². The number of benzene rings is 1. The van der Waals surface area contributed by atoms with Crippen LogP contribution in [0.1, 0.15) is 0 Å². The number of hydrogen-bond acceptors (Lipinski definition) is 6. The molecule has 0 bridgehead atoms. The number of ether oxygens (including phenoxy) is 1. The van der Waals surface area contributed by atoms with Crippen molar-refractivity contribution in [2.75, 3.05) is 12.8 Å². The topological polar surface area (TPSA) is 108 Å². The van der Waals surface area contributed by atoms with Crippen LogP contribution in [0.3, 0.4) is 0 Å². The Morgan fingerprint density at radius 2 is 2.14 bits per heavy atom. The maximum Gasteiger partial charge on any atom is 0.228 e. The fourth-order valence-corrected chi connectivity index (χ4v) is 2.59. The smallest absolute Gasteiger partial charge is 0.228 e. The lowest BCUT2D eigenvalue weighted by molar-refractivity contribution is 0.403. The molecule has 4 rings (SSSR count). The number of methoxy groups -OCH3 is 1. The van der Waals surface area contributed by atoms with Crippen molar-refractivity contribution in [2.24, 2.45) is 7.05 Å². The number of nitrogens with zero attached hydrogens (tertiary/aromatic N) is 5. The summed E-state index contributed by atoms with van der Waals surface area (Å²) < 4.78 is 7.08. The van der Waals surface area contributed by atoms with Crippen molar-refractivity contribution in [1.29, 1.82) is 0 Å². The zero-order valence-electron chi connectivity index (χ0n) is 12.0. The SMILES string of the molecule is COc1nc(N)nc2[nH]cc(-c3ccc4nnn(C)c4c3)c12. The zero-order chi connectivity index (χ0) is 15.3. The van der Waals surface area contributed by atoms with Gasteiger partial charge in [-0.3, -0.25) is 0 Å². The number of hydrogen-bond donors (Lipinski definition) is 2. The summed E-state index contributed by atoms with van der Waals surface area (Å²) in [4.78, 5) is 11.5. The van der Waals surface area contributed by atoms with Gasteiger partial charge in [-0.15, -0.1) is 5.10 Å². The summed E-state index contributed by atoms with van der Waals surface area (Å²) in [6.07, 6.45) is 1.87. The van der Waals surface area contributed by atoms with Gasteiger partial charge in [-0.1, -0.05) is 11.3 Å². The standard InChI is InChI=1S/C14H13N7O/c1-21-10-5-7(3-4-9(10)19-20-21)8-6-16-12-11(8)13(22-2)18-14(15)17-12/h3-6H,1-2H3,(H3,15,16,17,18). The molecule has 0 aliphatic rings. The molecule has 22 heavy (non-hydrogen) atoms. The van der Waals surface area contributed by atoms with Gasteiger partial charge in [-0.05, 0) is 17.7 Å². The summed E-state index contributed by atoms with van der Waals surface area (Å²) >= 11 is 0. The van der Waals surface area contributed by atoms with E-state index in [1.165, 1.54) is 0 Å².